The third-order valence-corrected chi connectivity index (χ3v) is 5.54. The van der Waals surface area contributed by atoms with Crippen LogP contribution in [0.5, 0.6) is 0 Å². The molecule has 9 heteroatoms. The first-order valence-corrected chi connectivity index (χ1v) is 12.2. The van der Waals surface area contributed by atoms with Gasteiger partial charge >= 0.3 is 17.9 Å². The van der Waals surface area contributed by atoms with Crippen LogP contribution in [0.4, 0.5) is 0 Å². The summed E-state index contributed by atoms with van der Waals surface area (Å²) < 4.78 is 17.0. The molecule has 3 unspecified atom stereocenters. The van der Waals surface area contributed by atoms with E-state index >= 15 is 0 Å². The van der Waals surface area contributed by atoms with Crippen LogP contribution in [-0.2, 0) is 28.6 Å². The molecular weight excluding hydrogens is 432 g/mol. The second-order valence-corrected chi connectivity index (χ2v) is 8.56. The molecule has 194 valence electrons. The summed E-state index contributed by atoms with van der Waals surface area (Å²) in [7, 11) is 0. The van der Waals surface area contributed by atoms with Crippen LogP contribution in [0.25, 0.3) is 0 Å². The molecule has 0 saturated heterocycles. The molecule has 3 atom stereocenters. The molecule has 0 aromatic carbocycles. The van der Waals surface area contributed by atoms with Crippen LogP contribution < -0.4 is 0 Å². The number of rotatable bonds is 23. The summed E-state index contributed by atoms with van der Waals surface area (Å²) in [5.41, 5.74) is 0. The quantitative estimate of drug-likeness (QED) is 0.199. The molecule has 0 aromatic rings. The first-order chi connectivity index (χ1) is 15.8. The Labute approximate surface area is 197 Å². The number of hydrogen-bond donors (Lipinski definition) is 3. The van der Waals surface area contributed by atoms with Crippen LogP contribution in [-0.4, -0.2) is 72.4 Å². The number of carboxylic acid groups (broad SMARTS) is 3. The van der Waals surface area contributed by atoms with Crippen LogP contribution in [0.2, 0.25) is 0 Å². The first kappa shape index (κ1) is 31.3. The molecule has 0 saturated carbocycles. The van der Waals surface area contributed by atoms with Gasteiger partial charge in [0.25, 0.3) is 0 Å². The van der Waals surface area contributed by atoms with Crippen molar-refractivity contribution >= 4 is 17.9 Å². The maximum absolute atomic E-state index is 11.5. The van der Waals surface area contributed by atoms with Gasteiger partial charge in [-0.3, -0.25) is 14.4 Å². The molecule has 0 aromatic heterocycles. The van der Waals surface area contributed by atoms with Gasteiger partial charge in [-0.15, -0.1) is 0 Å². The van der Waals surface area contributed by atoms with Crippen molar-refractivity contribution in [2.45, 2.75) is 84.7 Å². The van der Waals surface area contributed by atoms with E-state index in [0.717, 1.165) is 38.5 Å². The van der Waals surface area contributed by atoms with E-state index in [4.69, 9.17) is 14.2 Å². The minimum atomic E-state index is -0.931. The highest BCUT2D eigenvalue weighted by Crippen LogP contribution is 2.14. The molecule has 0 rings (SSSR count). The van der Waals surface area contributed by atoms with E-state index < -0.39 is 41.8 Å². The zero-order valence-electron chi connectivity index (χ0n) is 20.5. The van der Waals surface area contributed by atoms with Gasteiger partial charge in [0.05, 0.1) is 50.8 Å². The number of aliphatic carboxylic acids is 3. The van der Waals surface area contributed by atoms with Gasteiger partial charge in [0.2, 0.25) is 0 Å². The fourth-order valence-electron chi connectivity index (χ4n) is 3.27. The standard InChI is InChI=1S/C24H44O9/c1-4-7-10-18(22(25)26)13-31-16-21(33-15-20(24(29)30)12-9-6-3)17-32-14-19(23(27)28)11-8-5-2/h18-21H,4-17H2,1-3H3,(H,25,26)(H,27,28)(H,29,30). The molecule has 0 heterocycles. The molecule has 0 aliphatic heterocycles. The monoisotopic (exact) mass is 476 g/mol. The van der Waals surface area contributed by atoms with Crippen molar-refractivity contribution in [3.05, 3.63) is 0 Å². The zero-order valence-corrected chi connectivity index (χ0v) is 20.5. The molecule has 0 spiro atoms. The van der Waals surface area contributed by atoms with E-state index in [9.17, 15) is 29.7 Å². The average molecular weight is 477 g/mol. The van der Waals surface area contributed by atoms with Gasteiger partial charge in [-0.1, -0.05) is 59.3 Å². The highest BCUT2D eigenvalue weighted by atomic mass is 16.6. The maximum atomic E-state index is 11.5. The third-order valence-electron chi connectivity index (χ3n) is 5.54. The predicted molar refractivity (Wildman–Crippen MR) is 123 cm³/mol. The van der Waals surface area contributed by atoms with Crippen molar-refractivity contribution in [1.29, 1.82) is 0 Å². The Morgan fingerprint density at radius 3 is 1.21 bits per heavy atom. The largest absolute Gasteiger partial charge is 0.481 e. The minimum absolute atomic E-state index is 0.0108. The van der Waals surface area contributed by atoms with Crippen molar-refractivity contribution in [3.63, 3.8) is 0 Å². The predicted octanol–water partition coefficient (Wildman–Crippen LogP) is 4.08. The van der Waals surface area contributed by atoms with E-state index in [-0.39, 0.29) is 33.0 Å². The van der Waals surface area contributed by atoms with Crippen molar-refractivity contribution < 1.29 is 43.9 Å². The molecule has 0 amide bonds. The summed E-state index contributed by atoms with van der Waals surface area (Å²) >= 11 is 0. The maximum Gasteiger partial charge on any atom is 0.308 e. The van der Waals surface area contributed by atoms with E-state index in [1.54, 1.807) is 0 Å². The van der Waals surface area contributed by atoms with Gasteiger partial charge in [-0.05, 0) is 19.3 Å². The fourth-order valence-corrected chi connectivity index (χ4v) is 3.27. The van der Waals surface area contributed by atoms with Crippen molar-refractivity contribution in [3.8, 4) is 0 Å². The van der Waals surface area contributed by atoms with Crippen LogP contribution in [0.1, 0.15) is 78.6 Å². The van der Waals surface area contributed by atoms with Gasteiger partial charge in [0, 0.05) is 0 Å². The molecule has 0 radical (unpaired) electrons. The molecular formula is C24H44O9. The molecule has 0 aliphatic rings. The second-order valence-electron chi connectivity index (χ2n) is 8.56. The van der Waals surface area contributed by atoms with Crippen LogP contribution in [0, 0.1) is 17.8 Å². The lowest BCUT2D eigenvalue weighted by Crippen LogP contribution is -2.33. The van der Waals surface area contributed by atoms with E-state index in [2.05, 4.69) is 0 Å². The molecule has 0 aliphatic carbocycles. The molecule has 3 N–H and O–H groups in total. The summed E-state index contributed by atoms with van der Waals surface area (Å²) in [4.78, 5) is 34.3. The molecule has 9 nitrogen and oxygen atoms in total. The Morgan fingerprint density at radius 2 is 0.909 bits per heavy atom. The highest BCUT2D eigenvalue weighted by Gasteiger charge is 2.23. The number of unbranched alkanes of at least 4 members (excludes halogenated alkanes) is 3. The van der Waals surface area contributed by atoms with Crippen LogP contribution >= 0.6 is 0 Å². The Bertz CT molecular complexity index is 506. The Morgan fingerprint density at radius 1 is 0.576 bits per heavy atom. The van der Waals surface area contributed by atoms with Gasteiger partial charge in [0.1, 0.15) is 6.10 Å². The lowest BCUT2D eigenvalue weighted by atomic mass is 10.0. The van der Waals surface area contributed by atoms with Crippen LogP contribution in [0.3, 0.4) is 0 Å². The Balaban J connectivity index is 4.89. The molecule has 33 heavy (non-hydrogen) atoms. The number of hydrogen-bond acceptors (Lipinski definition) is 6. The molecule has 0 fully saturated rings. The number of carboxylic acids is 3. The average Bonchev–Trinajstić information content (AvgIpc) is 2.76. The lowest BCUT2D eigenvalue weighted by Gasteiger charge is -2.22. The minimum Gasteiger partial charge on any atom is -0.481 e. The fraction of sp³-hybridized carbons (Fsp3) is 0.875. The first-order valence-electron chi connectivity index (χ1n) is 12.2. The zero-order chi connectivity index (χ0) is 25.1. The normalized spacial score (nSPS) is 15.0. The Hall–Kier alpha value is -1.71. The lowest BCUT2D eigenvalue weighted by molar-refractivity contribution is -0.151. The van der Waals surface area contributed by atoms with Crippen molar-refractivity contribution in [2.75, 3.05) is 33.0 Å². The van der Waals surface area contributed by atoms with E-state index in [1.807, 2.05) is 20.8 Å². The van der Waals surface area contributed by atoms with Crippen molar-refractivity contribution in [2.24, 2.45) is 17.8 Å². The van der Waals surface area contributed by atoms with E-state index in [1.165, 1.54) is 0 Å². The molecule has 0 bridgehead atoms. The smallest absolute Gasteiger partial charge is 0.308 e. The Kier molecular flexibility index (Phi) is 18.7. The van der Waals surface area contributed by atoms with Gasteiger partial charge < -0.3 is 29.5 Å². The highest BCUT2D eigenvalue weighted by molar-refractivity contribution is 5.70. The van der Waals surface area contributed by atoms with Crippen molar-refractivity contribution in [1.82, 2.24) is 0 Å². The van der Waals surface area contributed by atoms with E-state index in [0.29, 0.717) is 19.3 Å². The van der Waals surface area contributed by atoms with Gasteiger partial charge in [-0.2, -0.15) is 0 Å². The summed E-state index contributed by atoms with van der Waals surface area (Å²) in [6.07, 6.45) is 5.92. The van der Waals surface area contributed by atoms with Gasteiger partial charge in [0.15, 0.2) is 0 Å². The SMILES string of the molecule is CCCCC(COCC(COCC(CCCC)C(=O)O)OCC(CCCC)C(=O)O)C(=O)O. The topological polar surface area (TPSA) is 140 Å². The van der Waals surface area contributed by atoms with Gasteiger partial charge in [-0.25, -0.2) is 0 Å². The number of ether oxygens (including phenoxy) is 3. The summed E-state index contributed by atoms with van der Waals surface area (Å²) in [6, 6.07) is 0. The second kappa shape index (κ2) is 19.7. The summed E-state index contributed by atoms with van der Waals surface area (Å²) in [6.45, 7) is 6.10. The number of carbonyl (C=O) groups is 3. The third kappa shape index (κ3) is 15.7. The summed E-state index contributed by atoms with van der Waals surface area (Å²) in [5, 5.41) is 28.1. The van der Waals surface area contributed by atoms with Crippen LogP contribution in [0.15, 0.2) is 0 Å². The summed E-state index contributed by atoms with van der Waals surface area (Å²) in [5.74, 6) is -4.65.